The van der Waals surface area contributed by atoms with E-state index in [1.165, 1.54) is 0 Å². The molecule has 1 rings (SSSR count). The number of hydrogen-bond donors (Lipinski definition) is 0. The van der Waals surface area contributed by atoms with Gasteiger partial charge >= 0.3 is 10.0 Å². The number of rotatable bonds is 4. The first-order valence-electron chi connectivity index (χ1n) is 5.13. The van der Waals surface area contributed by atoms with Crippen molar-refractivity contribution in [1.82, 2.24) is 0 Å². The second-order valence-corrected chi connectivity index (χ2v) is 6.36. The molecule has 4 nitrogen and oxygen atoms in total. The second-order valence-electron chi connectivity index (χ2n) is 3.56. The van der Waals surface area contributed by atoms with E-state index >= 15 is 0 Å². The topological polar surface area (TPSA) is 41.9 Å². The molecule has 19 heavy (non-hydrogen) atoms. The summed E-state index contributed by atoms with van der Waals surface area (Å²) in [5.41, 5.74) is 0.902. The Morgan fingerprint density at radius 1 is 1.37 bits per heavy atom. The lowest BCUT2D eigenvalue weighted by atomic mass is 10.3. The predicted molar refractivity (Wildman–Crippen MR) is 77.3 cm³/mol. The summed E-state index contributed by atoms with van der Waals surface area (Å²) in [6, 6.07) is 8.25. The number of oxime groups is 1. The molecule has 104 valence electrons. The number of para-hydroxylation sites is 1. The molecule has 0 aromatic heterocycles. The van der Waals surface area contributed by atoms with Gasteiger partial charge in [0.25, 0.3) is 0 Å². The molecule has 0 saturated heterocycles. The molecule has 1 amide bonds. The third-order valence-electron chi connectivity index (χ3n) is 1.66. The maximum Gasteiger partial charge on any atom is 0.451 e. The van der Waals surface area contributed by atoms with Crippen molar-refractivity contribution < 1.29 is 14.0 Å². The maximum atomic E-state index is 13.3. The Balaban J connectivity index is 2.93. The van der Waals surface area contributed by atoms with E-state index < -0.39 is 10.0 Å². The third kappa shape index (κ3) is 6.13. The highest BCUT2D eigenvalue weighted by atomic mass is 35.5. The first-order valence-corrected chi connectivity index (χ1v) is 6.66. The summed E-state index contributed by atoms with van der Waals surface area (Å²) in [6.07, 6.45) is -0.902. The molecule has 0 heterocycles. The van der Waals surface area contributed by atoms with E-state index in [9.17, 15) is 9.18 Å². The van der Waals surface area contributed by atoms with Crippen LogP contribution >= 0.6 is 35.1 Å². The molecule has 0 radical (unpaired) electrons. The largest absolute Gasteiger partial charge is 0.451 e. The fourth-order valence-electron chi connectivity index (χ4n) is 1.03. The Morgan fingerprint density at radius 3 is 2.42 bits per heavy atom. The average Bonchev–Trinajstić information content (AvgIpc) is 2.33. The zero-order chi connectivity index (χ0) is 14.5. The van der Waals surface area contributed by atoms with Gasteiger partial charge in [-0.15, -0.1) is 0 Å². The van der Waals surface area contributed by atoms with Crippen LogP contribution in [0.2, 0.25) is 0 Å². The van der Waals surface area contributed by atoms with Gasteiger partial charge in [-0.25, -0.2) is 9.10 Å². The fourth-order valence-corrected chi connectivity index (χ4v) is 1.99. The van der Waals surface area contributed by atoms with Gasteiger partial charge in [-0.05, 0) is 26.0 Å². The zero-order valence-corrected chi connectivity index (χ0v) is 12.5. The van der Waals surface area contributed by atoms with Gasteiger partial charge in [0.15, 0.2) is 0 Å². The third-order valence-corrected chi connectivity index (χ3v) is 2.82. The number of nitrogens with zero attached hydrogens (tertiary/aromatic N) is 2. The molecule has 0 fully saturated rings. The van der Waals surface area contributed by atoms with Gasteiger partial charge in [-0.2, -0.15) is 4.39 Å². The van der Waals surface area contributed by atoms with E-state index in [-0.39, 0.29) is 11.9 Å². The minimum atomic E-state index is -2.67. The summed E-state index contributed by atoms with van der Waals surface area (Å²) < 4.78 is 11.5. The minimum Gasteiger partial charge on any atom is -0.297 e. The number of anilines is 1. The Morgan fingerprint density at radius 2 is 1.95 bits per heavy atom. The lowest BCUT2D eigenvalue weighted by molar-refractivity contribution is 0.163. The first-order chi connectivity index (χ1) is 8.79. The number of alkyl halides is 3. The molecule has 0 atom stereocenters. The highest BCUT2D eigenvalue weighted by Crippen LogP contribution is 2.41. The molecule has 0 aliphatic rings. The van der Waals surface area contributed by atoms with E-state index in [2.05, 4.69) is 9.99 Å². The molecule has 8 heteroatoms. The Bertz CT molecular complexity index is 462. The summed E-state index contributed by atoms with van der Waals surface area (Å²) >= 11 is 10.8. The van der Waals surface area contributed by atoms with E-state index in [1.54, 1.807) is 44.2 Å². The molecule has 1 aromatic carbocycles. The van der Waals surface area contributed by atoms with Crippen LogP contribution in [0.3, 0.4) is 0 Å². The van der Waals surface area contributed by atoms with E-state index in [0.29, 0.717) is 11.4 Å². The van der Waals surface area contributed by atoms with Gasteiger partial charge in [0.2, 0.25) is 0 Å². The van der Waals surface area contributed by atoms with Crippen molar-refractivity contribution >= 4 is 52.6 Å². The second kappa shape index (κ2) is 6.98. The highest BCUT2D eigenvalue weighted by Gasteiger charge is 2.32. The Kier molecular flexibility index (Phi) is 5.90. The Labute approximate surface area is 124 Å². The molecule has 0 aliphatic heterocycles. The van der Waals surface area contributed by atoms with Crippen molar-refractivity contribution in [2.75, 3.05) is 4.31 Å². The van der Waals surface area contributed by atoms with E-state index in [1.807, 2.05) is 0 Å². The van der Waals surface area contributed by atoms with Gasteiger partial charge in [0.05, 0.1) is 11.4 Å². The number of carbonyl (C=O) groups excluding carboxylic acids is 1. The van der Waals surface area contributed by atoms with Crippen LogP contribution in [0.5, 0.6) is 0 Å². The van der Waals surface area contributed by atoms with Crippen molar-refractivity contribution in [3.05, 3.63) is 30.3 Å². The van der Waals surface area contributed by atoms with Crippen molar-refractivity contribution in [2.45, 2.75) is 17.8 Å². The normalized spacial score (nSPS) is 10.8. The van der Waals surface area contributed by atoms with Crippen LogP contribution < -0.4 is 4.31 Å². The van der Waals surface area contributed by atoms with Gasteiger partial charge in [-0.1, -0.05) is 46.6 Å². The fraction of sp³-hybridized carbons (Fsp3) is 0.273. The van der Waals surface area contributed by atoms with Crippen molar-refractivity contribution in [2.24, 2.45) is 5.16 Å². The van der Waals surface area contributed by atoms with Crippen molar-refractivity contribution in [1.29, 1.82) is 0 Å². The number of benzene rings is 1. The molecule has 0 spiro atoms. The molecule has 0 bridgehead atoms. The van der Waals surface area contributed by atoms with Crippen LogP contribution in [0.1, 0.15) is 13.8 Å². The van der Waals surface area contributed by atoms with Gasteiger partial charge in [0.1, 0.15) is 0 Å². The monoisotopic (exact) mass is 324 g/mol. The predicted octanol–water partition coefficient (Wildman–Crippen LogP) is 4.73. The minimum absolute atomic E-state index is 0.268. The van der Waals surface area contributed by atoms with Crippen LogP contribution in [-0.2, 0) is 4.84 Å². The van der Waals surface area contributed by atoms with Gasteiger partial charge in [-0.3, -0.25) is 4.84 Å². The van der Waals surface area contributed by atoms with E-state index in [0.717, 1.165) is 4.31 Å². The molecule has 0 aliphatic carbocycles. The quantitative estimate of drug-likeness (QED) is 0.264. The van der Waals surface area contributed by atoms with Gasteiger partial charge in [0, 0.05) is 11.9 Å². The summed E-state index contributed by atoms with van der Waals surface area (Å²) in [5, 5.41) is 3.50. The molecular formula is C11H11Cl2FN2O2S. The summed E-state index contributed by atoms with van der Waals surface area (Å²) in [4.78, 5) is 16.5. The van der Waals surface area contributed by atoms with Crippen LogP contribution in [0.15, 0.2) is 35.5 Å². The van der Waals surface area contributed by atoms with Crippen molar-refractivity contribution in [3.8, 4) is 0 Å². The number of halogens is 3. The van der Waals surface area contributed by atoms with Crippen LogP contribution in [0.4, 0.5) is 14.9 Å². The number of hydrogen-bond acceptors (Lipinski definition) is 4. The lowest BCUT2D eigenvalue weighted by Crippen LogP contribution is -2.26. The molecule has 1 aromatic rings. The smallest absolute Gasteiger partial charge is 0.297 e. The number of carbonyl (C=O) groups is 1. The average molecular weight is 325 g/mol. The SMILES string of the molecule is CC(C)=NOC(=O)N(SC(F)(Cl)Cl)c1ccccc1. The Hall–Kier alpha value is -0.980. The summed E-state index contributed by atoms with van der Waals surface area (Å²) in [5.74, 6) is 0. The number of amides is 1. The van der Waals surface area contributed by atoms with E-state index in [4.69, 9.17) is 23.2 Å². The maximum absolute atomic E-state index is 13.3. The zero-order valence-electron chi connectivity index (χ0n) is 10.1. The lowest BCUT2D eigenvalue weighted by Gasteiger charge is -2.21. The molecule has 0 unspecified atom stereocenters. The van der Waals surface area contributed by atoms with Gasteiger partial charge < -0.3 is 0 Å². The summed E-state index contributed by atoms with van der Waals surface area (Å²) in [6.45, 7) is 3.30. The first kappa shape index (κ1) is 16.1. The standard InChI is InChI=1S/C11H11Cl2FN2O2S/c1-8(2)15-18-10(17)16(19-11(12,13)14)9-6-4-3-5-7-9/h3-7H,1-2H3. The van der Waals surface area contributed by atoms with Crippen LogP contribution in [0.25, 0.3) is 0 Å². The molecule has 0 saturated carbocycles. The summed E-state index contributed by atoms with van der Waals surface area (Å²) in [7, 11) is 0. The van der Waals surface area contributed by atoms with Crippen LogP contribution in [0, 0.1) is 0 Å². The van der Waals surface area contributed by atoms with Crippen molar-refractivity contribution in [3.63, 3.8) is 0 Å². The van der Waals surface area contributed by atoms with Crippen LogP contribution in [-0.4, -0.2) is 15.7 Å². The highest BCUT2D eigenvalue weighted by molar-refractivity contribution is 8.04. The molecule has 0 N–H and O–H groups in total. The molecular weight excluding hydrogens is 314 g/mol.